The topological polar surface area (TPSA) is 46.5 Å². The molecular weight excluding hydrogens is 144 g/mol. The fourth-order valence-electron chi connectivity index (χ4n) is 0.644. The summed E-state index contributed by atoms with van der Waals surface area (Å²) in [4.78, 5) is 11.0. The summed E-state index contributed by atoms with van der Waals surface area (Å²) in [5.74, 6) is -1.32. The molecule has 0 amide bonds. The van der Waals surface area contributed by atoms with Crippen molar-refractivity contribution in [1.29, 1.82) is 0 Å². The monoisotopic (exact) mass is 154 g/mol. The van der Waals surface area contributed by atoms with E-state index in [1.54, 1.807) is 0 Å². The highest BCUT2D eigenvalue weighted by Gasteiger charge is 2.08. The summed E-state index contributed by atoms with van der Waals surface area (Å²) in [6.45, 7) is 0. The molecule has 0 saturated heterocycles. The van der Waals surface area contributed by atoms with Gasteiger partial charge in [0.15, 0.2) is 0 Å². The minimum absolute atomic E-state index is 0.152. The first-order chi connectivity index (χ1) is 6.07. The molecular formula is C8H8O3. The predicted octanol–water partition coefficient (Wildman–Crippen LogP) is 1.18. The molecule has 0 atom stereocenters. The maximum atomic E-state index is 11.0. The number of rotatable bonds is 1. The summed E-state index contributed by atoms with van der Waals surface area (Å²) < 4.78 is 18.8. The molecule has 1 N–H and O–H groups in total. The number of ether oxygens (including phenoxy) is 1. The van der Waals surface area contributed by atoms with Gasteiger partial charge in [0.25, 0.3) is 0 Å². The first kappa shape index (κ1) is 5.18. The van der Waals surface area contributed by atoms with Crippen LogP contribution in [0.1, 0.15) is 13.1 Å². The van der Waals surface area contributed by atoms with Gasteiger partial charge in [0.2, 0.25) is 0 Å². The number of phenols is 1. The molecule has 1 aromatic rings. The normalized spacial score (nSPS) is 11.7. The van der Waals surface area contributed by atoms with Crippen molar-refractivity contribution in [1.82, 2.24) is 0 Å². The zero-order valence-electron chi connectivity index (χ0n) is 7.92. The van der Waals surface area contributed by atoms with Crippen molar-refractivity contribution < 1.29 is 17.4 Å². The third-order valence-corrected chi connectivity index (χ3v) is 1.16. The Balaban J connectivity index is 3.33. The van der Waals surface area contributed by atoms with Crippen molar-refractivity contribution in [2.75, 3.05) is 7.11 Å². The van der Waals surface area contributed by atoms with Crippen LogP contribution in [-0.2, 0) is 4.74 Å². The van der Waals surface area contributed by atoms with Crippen LogP contribution in [0.25, 0.3) is 0 Å². The van der Waals surface area contributed by atoms with Crippen LogP contribution >= 0.6 is 0 Å². The Hall–Kier alpha value is -1.51. The van der Waals surface area contributed by atoms with E-state index < -0.39 is 11.7 Å². The Morgan fingerprint density at radius 1 is 1.64 bits per heavy atom. The molecule has 0 spiro atoms. The fraction of sp³-hybridized carbons (Fsp3) is 0.125. The first-order valence-electron chi connectivity index (χ1n) is 3.95. The summed E-state index contributed by atoms with van der Waals surface area (Å²) in [6.07, 6.45) is 0. The second kappa shape index (κ2) is 3.05. The van der Waals surface area contributed by atoms with E-state index >= 15 is 0 Å². The zero-order chi connectivity index (χ0) is 10.0. The molecule has 0 aliphatic rings. The van der Waals surface area contributed by atoms with Gasteiger partial charge in [-0.15, -0.1) is 0 Å². The van der Waals surface area contributed by atoms with Crippen molar-refractivity contribution in [2.24, 2.45) is 0 Å². The van der Waals surface area contributed by atoms with E-state index in [2.05, 4.69) is 4.74 Å². The van der Waals surface area contributed by atoms with Gasteiger partial charge in [-0.2, -0.15) is 0 Å². The van der Waals surface area contributed by atoms with Gasteiger partial charge in [0.05, 0.1) is 9.85 Å². The number of methoxy groups -OCH3 is 1. The van der Waals surface area contributed by atoms with E-state index in [0.29, 0.717) is 0 Å². The van der Waals surface area contributed by atoms with Gasteiger partial charge < -0.3 is 9.84 Å². The largest absolute Gasteiger partial charge is 0.507 e. The van der Waals surface area contributed by atoms with Crippen molar-refractivity contribution >= 4 is 5.97 Å². The van der Waals surface area contributed by atoms with E-state index in [4.69, 9.17) is 2.74 Å². The maximum absolute atomic E-state index is 11.0. The van der Waals surface area contributed by atoms with E-state index in [-0.39, 0.29) is 17.6 Å². The predicted molar refractivity (Wildman–Crippen MR) is 39.4 cm³/mol. The average molecular weight is 154 g/mol. The minimum Gasteiger partial charge on any atom is -0.507 e. The first-order valence-corrected chi connectivity index (χ1v) is 2.95. The van der Waals surface area contributed by atoms with Gasteiger partial charge in [-0.1, -0.05) is 12.1 Å². The molecule has 1 rings (SSSR count). The molecule has 0 aliphatic heterocycles. The second-order valence-electron chi connectivity index (χ2n) is 1.84. The maximum Gasteiger partial charge on any atom is 0.341 e. The third-order valence-electron chi connectivity index (χ3n) is 1.16. The summed E-state index contributed by atoms with van der Waals surface area (Å²) in [5.41, 5.74) is -0.269. The van der Waals surface area contributed by atoms with Crippen molar-refractivity contribution in [3.8, 4) is 5.75 Å². The molecule has 0 aromatic heterocycles. The van der Waals surface area contributed by atoms with Crippen molar-refractivity contribution in [3.05, 3.63) is 29.8 Å². The number of aromatic hydroxyl groups is 1. The summed E-state index contributed by atoms with van der Waals surface area (Å²) in [6, 6.07) is 2.15. The Morgan fingerprint density at radius 3 is 2.91 bits per heavy atom. The lowest BCUT2D eigenvalue weighted by Crippen LogP contribution is -2.00. The Morgan fingerprint density at radius 2 is 2.27 bits per heavy atom. The fourth-order valence-corrected chi connectivity index (χ4v) is 0.644. The van der Waals surface area contributed by atoms with Gasteiger partial charge in [0.1, 0.15) is 11.3 Å². The second-order valence-corrected chi connectivity index (χ2v) is 1.84. The Kier molecular flexibility index (Phi) is 1.44. The number of esters is 1. The van der Waals surface area contributed by atoms with Gasteiger partial charge in [0, 0.05) is 0 Å². The molecule has 0 heterocycles. The molecule has 0 radical (unpaired) electrons. The van der Waals surface area contributed by atoms with E-state index in [1.165, 1.54) is 12.1 Å². The number of benzene rings is 1. The molecule has 11 heavy (non-hydrogen) atoms. The van der Waals surface area contributed by atoms with Crippen LogP contribution in [0.2, 0.25) is 0 Å². The van der Waals surface area contributed by atoms with Crippen LogP contribution in [0, 0.1) is 0 Å². The van der Waals surface area contributed by atoms with Gasteiger partial charge in [-0.25, -0.2) is 4.79 Å². The van der Waals surface area contributed by atoms with E-state index in [0.717, 1.165) is 7.11 Å². The lowest BCUT2D eigenvalue weighted by Gasteiger charge is -1.99. The van der Waals surface area contributed by atoms with Crippen molar-refractivity contribution in [2.45, 2.75) is 0 Å². The quantitative estimate of drug-likeness (QED) is 0.618. The summed E-state index contributed by atoms with van der Waals surface area (Å²) in [5, 5.41) is 9.27. The zero-order valence-corrected chi connectivity index (χ0v) is 5.92. The Bertz CT molecular complexity index is 349. The number of hydrogen-bond acceptors (Lipinski definition) is 3. The standard InChI is InChI=1S/C8H8O3/c1-11-8(10)6-4-2-3-5-7(6)9/h2-5,9H,1H3/i4D,5D. The van der Waals surface area contributed by atoms with Crippen LogP contribution < -0.4 is 0 Å². The average Bonchev–Trinajstić information content (AvgIpc) is 2.12. The lowest BCUT2D eigenvalue weighted by molar-refractivity contribution is 0.0597. The molecule has 0 aliphatic carbocycles. The number of carbonyl (C=O) groups is 1. The van der Waals surface area contributed by atoms with Crippen LogP contribution in [0.3, 0.4) is 0 Å². The molecule has 0 bridgehead atoms. The third kappa shape index (κ3) is 1.49. The van der Waals surface area contributed by atoms with Gasteiger partial charge in [-0.05, 0) is 12.1 Å². The molecule has 3 nitrogen and oxygen atoms in total. The Labute approximate surface area is 67.0 Å². The SMILES string of the molecule is [2H]c1ccc([2H])c(C(=O)OC)c1O. The minimum atomic E-state index is -0.809. The molecule has 0 unspecified atom stereocenters. The highest BCUT2D eigenvalue weighted by molar-refractivity contribution is 5.92. The lowest BCUT2D eigenvalue weighted by atomic mass is 10.2. The highest BCUT2D eigenvalue weighted by atomic mass is 16.5. The highest BCUT2D eigenvalue weighted by Crippen LogP contribution is 2.15. The smallest absolute Gasteiger partial charge is 0.341 e. The number of phenolic OH excluding ortho intramolecular Hbond substituents is 1. The van der Waals surface area contributed by atoms with Crippen molar-refractivity contribution in [3.63, 3.8) is 0 Å². The van der Waals surface area contributed by atoms with Crippen LogP contribution in [0.4, 0.5) is 0 Å². The van der Waals surface area contributed by atoms with Crippen LogP contribution in [0.15, 0.2) is 24.2 Å². The van der Waals surface area contributed by atoms with Crippen LogP contribution in [-0.4, -0.2) is 18.2 Å². The summed E-state index contributed by atoms with van der Waals surface area (Å²) in [7, 11) is 1.15. The van der Waals surface area contributed by atoms with Gasteiger partial charge in [-0.3, -0.25) is 0 Å². The number of hydrogen-bond donors (Lipinski definition) is 1. The molecule has 58 valence electrons. The molecule has 0 saturated carbocycles. The number of carbonyl (C=O) groups excluding carboxylic acids is 1. The molecule has 3 heteroatoms. The van der Waals surface area contributed by atoms with Gasteiger partial charge >= 0.3 is 5.97 Å². The number of para-hydroxylation sites is 1. The van der Waals surface area contributed by atoms with E-state index in [9.17, 15) is 9.90 Å². The summed E-state index contributed by atoms with van der Waals surface area (Å²) >= 11 is 0. The molecule has 1 aromatic carbocycles. The van der Waals surface area contributed by atoms with Crippen LogP contribution in [0.5, 0.6) is 5.75 Å². The molecule has 0 fully saturated rings. The van der Waals surface area contributed by atoms with E-state index in [1.807, 2.05) is 0 Å².